The molecule has 0 radical (unpaired) electrons. The van der Waals surface area contributed by atoms with Crippen LogP contribution in [0.25, 0.3) is 0 Å². The van der Waals surface area contributed by atoms with Crippen LogP contribution in [0.15, 0.2) is 29.4 Å². The molecule has 1 unspecified atom stereocenters. The number of hydrogen-bond donors (Lipinski definition) is 1. The van der Waals surface area contributed by atoms with Gasteiger partial charge in [0, 0.05) is 24.7 Å². The SMILES string of the molecule is FC1(CCc2ccc3c(n2)NCCC3)C=CN=C1. The number of nitrogens with zero attached hydrogens (tertiary/aromatic N) is 2. The normalized spacial score (nSPS) is 24.9. The van der Waals surface area contributed by atoms with Gasteiger partial charge in [0.05, 0.1) is 0 Å². The van der Waals surface area contributed by atoms with Gasteiger partial charge in [-0.15, -0.1) is 0 Å². The van der Waals surface area contributed by atoms with Crippen LogP contribution >= 0.6 is 0 Å². The van der Waals surface area contributed by atoms with Crippen LogP contribution in [0.2, 0.25) is 0 Å². The third kappa shape index (κ3) is 2.28. The van der Waals surface area contributed by atoms with E-state index >= 15 is 0 Å². The predicted octanol–water partition coefficient (Wildman–Crippen LogP) is 2.68. The maximum Gasteiger partial charge on any atom is 0.166 e. The molecule has 0 amide bonds. The van der Waals surface area contributed by atoms with Crippen molar-refractivity contribution < 1.29 is 4.39 Å². The van der Waals surface area contributed by atoms with Gasteiger partial charge in [-0.2, -0.15) is 0 Å². The Morgan fingerprint density at radius 2 is 2.33 bits per heavy atom. The molecule has 0 saturated carbocycles. The summed E-state index contributed by atoms with van der Waals surface area (Å²) in [6.07, 6.45) is 7.65. The largest absolute Gasteiger partial charge is 0.370 e. The van der Waals surface area contributed by atoms with Crippen molar-refractivity contribution in [1.29, 1.82) is 0 Å². The standard InChI is InChI=1S/C14H16FN3/c15-14(7-9-16-10-14)6-5-12-4-3-11-2-1-8-17-13(11)18-12/h3-4,7,9-10H,1-2,5-6,8H2,(H,17,18). The van der Waals surface area contributed by atoms with E-state index in [1.165, 1.54) is 24.1 Å². The Bertz CT molecular complexity index is 496. The Kier molecular flexibility index (Phi) is 2.86. The first-order valence-corrected chi connectivity index (χ1v) is 6.39. The molecule has 3 nitrogen and oxygen atoms in total. The first kappa shape index (κ1) is 11.4. The van der Waals surface area contributed by atoms with Gasteiger partial charge < -0.3 is 5.32 Å². The summed E-state index contributed by atoms with van der Waals surface area (Å²) in [6.45, 7) is 0.978. The Labute approximate surface area is 106 Å². The first-order valence-electron chi connectivity index (χ1n) is 6.39. The third-order valence-corrected chi connectivity index (χ3v) is 3.44. The number of alkyl halides is 1. The minimum absolute atomic E-state index is 0.402. The van der Waals surface area contributed by atoms with Gasteiger partial charge in [-0.1, -0.05) is 6.07 Å². The fourth-order valence-electron chi connectivity index (χ4n) is 2.35. The highest BCUT2D eigenvalue weighted by atomic mass is 19.1. The van der Waals surface area contributed by atoms with Crippen molar-refractivity contribution in [2.75, 3.05) is 11.9 Å². The molecule has 3 rings (SSSR count). The quantitative estimate of drug-likeness (QED) is 0.889. The second-order valence-corrected chi connectivity index (χ2v) is 4.86. The second kappa shape index (κ2) is 4.52. The Morgan fingerprint density at radius 1 is 1.39 bits per heavy atom. The molecule has 1 atom stereocenters. The van der Waals surface area contributed by atoms with Crippen molar-refractivity contribution in [2.24, 2.45) is 4.99 Å². The zero-order valence-electron chi connectivity index (χ0n) is 10.2. The van der Waals surface area contributed by atoms with E-state index < -0.39 is 5.67 Å². The predicted molar refractivity (Wildman–Crippen MR) is 70.8 cm³/mol. The smallest absolute Gasteiger partial charge is 0.166 e. The number of aromatic nitrogens is 1. The topological polar surface area (TPSA) is 37.3 Å². The van der Waals surface area contributed by atoms with Crippen molar-refractivity contribution in [3.63, 3.8) is 0 Å². The molecular weight excluding hydrogens is 229 g/mol. The molecule has 4 heteroatoms. The van der Waals surface area contributed by atoms with E-state index in [2.05, 4.69) is 21.4 Å². The molecule has 1 aromatic heterocycles. The van der Waals surface area contributed by atoms with E-state index in [1.807, 2.05) is 6.07 Å². The monoisotopic (exact) mass is 245 g/mol. The highest BCUT2D eigenvalue weighted by Gasteiger charge is 2.26. The number of fused-ring (bicyclic) bond motifs is 1. The van der Waals surface area contributed by atoms with E-state index in [0.29, 0.717) is 12.8 Å². The number of aliphatic imine (C=N–C) groups is 1. The van der Waals surface area contributed by atoms with Crippen LogP contribution < -0.4 is 5.32 Å². The number of halogens is 1. The molecule has 0 aliphatic carbocycles. The van der Waals surface area contributed by atoms with Crippen LogP contribution in [0, 0.1) is 0 Å². The lowest BCUT2D eigenvalue weighted by Crippen LogP contribution is -2.21. The molecule has 0 bridgehead atoms. The molecule has 3 heterocycles. The summed E-state index contributed by atoms with van der Waals surface area (Å²) in [4.78, 5) is 8.36. The molecule has 0 spiro atoms. The van der Waals surface area contributed by atoms with Crippen LogP contribution in [0.4, 0.5) is 10.2 Å². The summed E-state index contributed by atoms with van der Waals surface area (Å²) in [6, 6.07) is 4.11. The molecule has 1 aromatic rings. The zero-order valence-corrected chi connectivity index (χ0v) is 10.2. The average Bonchev–Trinajstić information content (AvgIpc) is 2.84. The summed E-state index contributed by atoms with van der Waals surface area (Å²) in [5, 5.41) is 3.30. The van der Waals surface area contributed by atoms with Gasteiger partial charge in [0.25, 0.3) is 0 Å². The summed E-state index contributed by atoms with van der Waals surface area (Å²) in [5.41, 5.74) is 0.821. The molecule has 18 heavy (non-hydrogen) atoms. The van der Waals surface area contributed by atoms with Crippen molar-refractivity contribution in [3.8, 4) is 0 Å². The van der Waals surface area contributed by atoms with Crippen molar-refractivity contribution in [3.05, 3.63) is 35.7 Å². The maximum absolute atomic E-state index is 14.1. The Balaban J connectivity index is 1.70. The van der Waals surface area contributed by atoms with Gasteiger partial charge in [-0.25, -0.2) is 9.37 Å². The molecule has 1 N–H and O–H groups in total. The van der Waals surface area contributed by atoms with E-state index in [-0.39, 0.29) is 0 Å². The van der Waals surface area contributed by atoms with Gasteiger partial charge in [-0.05, 0) is 43.4 Å². The number of hydrogen-bond acceptors (Lipinski definition) is 3. The zero-order chi connectivity index (χ0) is 12.4. The average molecular weight is 245 g/mol. The van der Waals surface area contributed by atoms with Gasteiger partial charge >= 0.3 is 0 Å². The minimum atomic E-state index is -1.38. The fraction of sp³-hybridized carbons (Fsp3) is 0.429. The molecule has 2 aliphatic rings. The summed E-state index contributed by atoms with van der Waals surface area (Å²) >= 11 is 0. The number of pyridine rings is 1. The number of allylic oxidation sites excluding steroid dienone is 1. The van der Waals surface area contributed by atoms with Crippen molar-refractivity contribution >= 4 is 12.0 Å². The van der Waals surface area contributed by atoms with Crippen LogP contribution in [0.3, 0.4) is 0 Å². The molecule has 0 saturated heterocycles. The van der Waals surface area contributed by atoms with Crippen LogP contribution in [-0.2, 0) is 12.8 Å². The Hall–Kier alpha value is -1.71. The molecule has 0 aromatic carbocycles. The third-order valence-electron chi connectivity index (χ3n) is 3.44. The highest BCUT2D eigenvalue weighted by Crippen LogP contribution is 2.24. The maximum atomic E-state index is 14.1. The lowest BCUT2D eigenvalue weighted by Gasteiger charge is -2.18. The number of rotatable bonds is 3. The number of nitrogens with one attached hydrogen (secondary N) is 1. The van der Waals surface area contributed by atoms with Crippen LogP contribution in [-0.4, -0.2) is 23.4 Å². The minimum Gasteiger partial charge on any atom is -0.370 e. The van der Waals surface area contributed by atoms with E-state index in [9.17, 15) is 4.39 Å². The lowest BCUT2D eigenvalue weighted by molar-refractivity contribution is 0.314. The molecule has 0 fully saturated rings. The molecule has 2 aliphatic heterocycles. The number of aryl methyl sites for hydroxylation is 2. The number of anilines is 1. The van der Waals surface area contributed by atoms with Crippen LogP contribution in [0.1, 0.15) is 24.1 Å². The fourth-order valence-corrected chi connectivity index (χ4v) is 2.35. The van der Waals surface area contributed by atoms with Gasteiger partial charge in [0.2, 0.25) is 0 Å². The molecule has 94 valence electrons. The van der Waals surface area contributed by atoms with E-state index in [0.717, 1.165) is 30.9 Å². The first-order chi connectivity index (χ1) is 8.75. The van der Waals surface area contributed by atoms with Gasteiger partial charge in [0.1, 0.15) is 5.82 Å². The molecular formula is C14H16FN3. The van der Waals surface area contributed by atoms with Gasteiger partial charge in [-0.3, -0.25) is 4.99 Å². The highest BCUT2D eigenvalue weighted by molar-refractivity contribution is 5.75. The lowest BCUT2D eigenvalue weighted by atomic mass is 10.00. The van der Waals surface area contributed by atoms with Crippen LogP contribution in [0.5, 0.6) is 0 Å². The van der Waals surface area contributed by atoms with E-state index in [4.69, 9.17) is 0 Å². The van der Waals surface area contributed by atoms with Crippen molar-refractivity contribution in [2.45, 2.75) is 31.4 Å². The summed E-state index contributed by atoms with van der Waals surface area (Å²) < 4.78 is 14.1. The van der Waals surface area contributed by atoms with Gasteiger partial charge in [0.15, 0.2) is 5.67 Å². The van der Waals surface area contributed by atoms with E-state index in [1.54, 1.807) is 0 Å². The summed E-state index contributed by atoms with van der Waals surface area (Å²) in [7, 11) is 0. The summed E-state index contributed by atoms with van der Waals surface area (Å²) in [5.74, 6) is 0.974. The second-order valence-electron chi connectivity index (χ2n) is 4.86. The van der Waals surface area contributed by atoms with Crippen molar-refractivity contribution in [1.82, 2.24) is 4.98 Å². The Morgan fingerprint density at radius 3 is 3.17 bits per heavy atom.